The van der Waals surface area contributed by atoms with Crippen molar-refractivity contribution in [2.75, 3.05) is 19.3 Å². The van der Waals surface area contributed by atoms with Crippen LogP contribution in [0.15, 0.2) is 58.4 Å². The minimum absolute atomic E-state index is 0.102. The molecule has 0 aliphatic rings. The number of thioether (sulfide) groups is 1. The highest BCUT2D eigenvalue weighted by Crippen LogP contribution is 2.31. The molecule has 28 heavy (non-hydrogen) atoms. The van der Waals surface area contributed by atoms with E-state index in [1.54, 1.807) is 11.8 Å². The lowest BCUT2D eigenvalue weighted by atomic mass is 10.1. The van der Waals surface area contributed by atoms with Crippen LogP contribution in [0.25, 0.3) is 0 Å². The fourth-order valence-electron chi connectivity index (χ4n) is 3.06. The summed E-state index contributed by atoms with van der Waals surface area (Å²) < 4.78 is 0. The average Bonchev–Trinajstić information content (AvgIpc) is 2.72. The monoisotopic (exact) mass is 397 g/mol. The quantitative estimate of drug-likeness (QED) is 0.317. The van der Waals surface area contributed by atoms with E-state index in [1.807, 2.05) is 31.3 Å². The van der Waals surface area contributed by atoms with Gasteiger partial charge in [-0.3, -0.25) is 9.79 Å². The van der Waals surface area contributed by atoms with Crippen molar-refractivity contribution in [1.82, 2.24) is 10.6 Å². The van der Waals surface area contributed by atoms with Crippen molar-refractivity contribution >= 4 is 30.1 Å². The Hall–Kier alpha value is -2.11. The van der Waals surface area contributed by atoms with E-state index < -0.39 is 0 Å². The maximum Gasteiger partial charge on any atom is 0.220 e. The van der Waals surface area contributed by atoms with Gasteiger partial charge < -0.3 is 10.6 Å². The molecule has 0 saturated carbocycles. The van der Waals surface area contributed by atoms with Gasteiger partial charge in [0.2, 0.25) is 5.91 Å². The van der Waals surface area contributed by atoms with Crippen LogP contribution in [0.3, 0.4) is 0 Å². The van der Waals surface area contributed by atoms with Gasteiger partial charge >= 0.3 is 0 Å². The molecule has 0 aliphatic heterocycles. The van der Waals surface area contributed by atoms with Crippen molar-refractivity contribution in [3.8, 4) is 0 Å². The molecule has 1 amide bonds. The zero-order chi connectivity index (χ0) is 20.2. The van der Waals surface area contributed by atoms with Crippen molar-refractivity contribution in [3.63, 3.8) is 0 Å². The van der Waals surface area contributed by atoms with Crippen LogP contribution in [0.4, 0.5) is 5.69 Å². The van der Waals surface area contributed by atoms with Crippen LogP contribution in [0, 0.1) is 0 Å². The first-order chi connectivity index (χ1) is 13.7. The van der Waals surface area contributed by atoms with Crippen LogP contribution in [0.2, 0.25) is 0 Å². The minimum Gasteiger partial charge on any atom is -0.352 e. The van der Waals surface area contributed by atoms with Crippen LogP contribution in [0.1, 0.15) is 30.9 Å². The summed E-state index contributed by atoms with van der Waals surface area (Å²) in [5.41, 5.74) is 3.45. The van der Waals surface area contributed by atoms with E-state index >= 15 is 0 Å². The molecule has 0 spiro atoms. The van der Waals surface area contributed by atoms with E-state index in [4.69, 9.17) is 0 Å². The number of hydrogen-bond acceptors (Lipinski definition) is 4. The highest BCUT2D eigenvalue weighted by molar-refractivity contribution is 7.99. The molecule has 1 atom stereocenters. The molecule has 5 heteroatoms. The summed E-state index contributed by atoms with van der Waals surface area (Å²) in [5, 5.41) is 6.34. The van der Waals surface area contributed by atoms with Crippen molar-refractivity contribution in [1.29, 1.82) is 0 Å². The Bertz CT molecular complexity index is 749. The van der Waals surface area contributed by atoms with Gasteiger partial charge in [0.25, 0.3) is 0 Å². The molecule has 4 nitrogen and oxygen atoms in total. The number of carbonyl (C=O) groups excluding carboxylic acids is 1. The number of nitrogens with one attached hydrogen (secondary N) is 2. The van der Waals surface area contributed by atoms with Crippen LogP contribution in [-0.4, -0.2) is 38.0 Å². The van der Waals surface area contributed by atoms with E-state index in [0.717, 1.165) is 42.1 Å². The minimum atomic E-state index is 0.102. The third kappa shape index (κ3) is 7.49. The summed E-state index contributed by atoms with van der Waals surface area (Å²) in [6.45, 7) is 6.56. The Balaban J connectivity index is 1.79. The molecular weight excluding hydrogens is 366 g/mol. The fraction of sp³-hybridized carbons (Fsp3) is 0.391. The van der Waals surface area contributed by atoms with Gasteiger partial charge in [-0.15, -0.1) is 11.8 Å². The molecule has 2 aromatic carbocycles. The third-order valence-electron chi connectivity index (χ3n) is 4.55. The lowest BCUT2D eigenvalue weighted by Gasteiger charge is -2.18. The van der Waals surface area contributed by atoms with Crippen LogP contribution >= 0.6 is 11.8 Å². The molecule has 2 N–H and O–H groups in total. The van der Waals surface area contributed by atoms with E-state index in [-0.39, 0.29) is 11.9 Å². The second-order valence-electron chi connectivity index (χ2n) is 6.78. The maximum absolute atomic E-state index is 12.4. The Morgan fingerprint density at radius 3 is 2.64 bits per heavy atom. The normalized spacial score (nSPS) is 11.8. The SMILES string of the molecule is C=Nc1ccc(CC)cc1SCCCC(=O)NC(CNC)Cc1ccccc1. The van der Waals surface area contributed by atoms with Crippen LogP contribution in [0.5, 0.6) is 0 Å². The Labute approximate surface area is 173 Å². The summed E-state index contributed by atoms with van der Waals surface area (Å²) >= 11 is 1.75. The van der Waals surface area contributed by atoms with Crippen molar-refractivity contribution in [2.24, 2.45) is 4.99 Å². The van der Waals surface area contributed by atoms with Gasteiger partial charge in [0.15, 0.2) is 0 Å². The number of hydrogen-bond donors (Lipinski definition) is 2. The second-order valence-corrected chi connectivity index (χ2v) is 7.91. The predicted octanol–water partition coefficient (Wildman–Crippen LogP) is 4.40. The zero-order valence-electron chi connectivity index (χ0n) is 16.9. The first kappa shape index (κ1) is 22.2. The number of benzene rings is 2. The lowest BCUT2D eigenvalue weighted by Crippen LogP contribution is -2.42. The van der Waals surface area contributed by atoms with Gasteiger partial charge in [-0.1, -0.05) is 43.3 Å². The lowest BCUT2D eigenvalue weighted by molar-refractivity contribution is -0.121. The number of aryl methyl sites for hydroxylation is 1. The highest BCUT2D eigenvalue weighted by atomic mass is 32.2. The molecule has 150 valence electrons. The number of rotatable bonds is 12. The molecule has 0 radical (unpaired) electrons. The predicted molar refractivity (Wildman–Crippen MR) is 121 cm³/mol. The molecule has 2 aromatic rings. The molecule has 0 heterocycles. The largest absolute Gasteiger partial charge is 0.352 e. The number of carbonyl (C=O) groups is 1. The summed E-state index contributed by atoms with van der Waals surface area (Å²) in [7, 11) is 1.91. The number of aliphatic imine (C=N–C) groups is 1. The number of likely N-dealkylation sites (N-methyl/N-ethyl adjacent to an activating group) is 1. The van der Waals surface area contributed by atoms with Gasteiger partial charge in [0, 0.05) is 23.9 Å². The molecule has 0 saturated heterocycles. The molecule has 1 unspecified atom stereocenters. The Kier molecular flexibility index (Phi) is 9.80. The van der Waals surface area contributed by atoms with E-state index in [0.29, 0.717) is 6.42 Å². The standard InChI is InChI=1S/C23H31N3OS/c1-4-18-12-13-21(25-3)22(16-18)28-14-8-11-23(27)26-20(17-24-2)15-19-9-6-5-7-10-19/h5-7,9-10,12-13,16,20,24H,3-4,8,11,14-15,17H2,1-2H3,(H,26,27). The second kappa shape index (κ2) is 12.4. The van der Waals surface area contributed by atoms with Gasteiger partial charge in [0.05, 0.1) is 5.69 Å². The average molecular weight is 398 g/mol. The van der Waals surface area contributed by atoms with Gasteiger partial charge in [-0.25, -0.2) is 0 Å². The smallest absolute Gasteiger partial charge is 0.220 e. The number of nitrogens with zero attached hydrogens (tertiary/aromatic N) is 1. The molecule has 2 rings (SSSR count). The molecule has 0 fully saturated rings. The number of amides is 1. The molecule has 0 aromatic heterocycles. The summed E-state index contributed by atoms with van der Waals surface area (Å²) in [6, 6.07) is 16.7. The molecule has 0 aliphatic carbocycles. The van der Waals surface area contributed by atoms with Crippen molar-refractivity contribution in [3.05, 3.63) is 59.7 Å². The molecular formula is C23H31N3OS. The maximum atomic E-state index is 12.4. The molecule has 0 bridgehead atoms. The van der Waals surface area contributed by atoms with Crippen LogP contribution < -0.4 is 10.6 Å². The highest BCUT2D eigenvalue weighted by Gasteiger charge is 2.12. The van der Waals surface area contributed by atoms with Crippen LogP contribution in [-0.2, 0) is 17.6 Å². The van der Waals surface area contributed by atoms with Crippen molar-refractivity contribution < 1.29 is 4.79 Å². The van der Waals surface area contributed by atoms with E-state index in [2.05, 4.69) is 53.5 Å². The van der Waals surface area contributed by atoms with Gasteiger partial charge in [-0.2, -0.15) is 0 Å². The Morgan fingerprint density at radius 2 is 1.96 bits per heavy atom. The van der Waals surface area contributed by atoms with Gasteiger partial charge in [-0.05, 0) is 62.0 Å². The Morgan fingerprint density at radius 1 is 1.18 bits per heavy atom. The summed E-state index contributed by atoms with van der Waals surface area (Å²) in [4.78, 5) is 17.6. The van der Waals surface area contributed by atoms with Gasteiger partial charge in [0.1, 0.15) is 0 Å². The summed E-state index contributed by atoms with van der Waals surface area (Å²) in [6.07, 6.45) is 3.20. The third-order valence-corrected chi connectivity index (χ3v) is 5.68. The fourth-order valence-corrected chi connectivity index (χ4v) is 4.08. The first-order valence-corrected chi connectivity index (χ1v) is 10.8. The van der Waals surface area contributed by atoms with E-state index in [1.165, 1.54) is 11.1 Å². The zero-order valence-corrected chi connectivity index (χ0v) is 17.7. The topological polar surface area (TPSA) is 53.5 Å². The van der Waals surface area contributed by atoms with E-state index in [9.17, 15) is 4.79 Å². The summed E-state index contributed by atoms with van der Waals surface area (Å²) in [5.74, 6) is 1.000. The van der Waals surface area contributed by atoms with Crippen molar-refractivity contribution in [2.45, 2.75) is 43.5 Å². The first-order valence-electron chi connectivity index (χ1n) is 9.86.